The lowest BCUT2D eigenvalue weighted by Crippen LogP contribution is -2.31. The second kappa shape index (κ2) is 9.09. The highest BCUT2D eigenvalue weighted by molar-refractivity contribution is 8.18. The van der Waals surface area contributed by atoms with Gasteiger partial charge in [0.1, 0.15) is 5.75 Å². The summed E-state index contributed by atoms with van der Waals surface area (Å²) in [6.07, 6.45) is 3.81. The van der Waals surface area contributed by atoms with E-state index in [-0.39, 0.29) is 10.8 Å². The summed E-state index contributed by atoms with van der Waals surface area (Å²) in [6.45, 7) is 0.426. The summed E-state index contributed by atoms with van der Waals surface area (Å²) in [5.41, 5.74) is 2.82. The number of amides is 1. The molecule has 1 fully saturated rings. The van der Waals surface area contributed by atoms with Crippen molar-refractivity contribution in [3.8, 4) is 5.75 Å². The van der Waals surface area contributed by atoms with Crippen LogP contribution < -0.4 is 4.74 Å². The summed E-state index contributed by atoms with van der Waals surface area (Å²) >= 11 is 1.16. The van der Waals surface area contributed by atoms with Crippen molar-refractivity contribution in [1.82, 2.24) is 9.88 Å². The number of amidine groups is 1. The van der Waals surface area contributed by atoms with E-state index in [9.17, 15) is 9.59 Å². The number of para-hydroxylation sites is 1. The number of carbonyl (C=O) groups is 2. The van der Waals surface area contributed by atoms with Gasteiger partial charge in [-0.05, 0) is 41.9 Å². The van der Waals surface area contributed by atoms with Gasteiger partial charge in [-0.25, -0.2) is 9.79 Å². The van der Waals surface area contributed by atoms with E-state index in [4.69, 9.17) is 4.74 Å². The molecule has 0 atom stereocenters. The number of thioether (sulfide) groups is 1. The van der Waals surface area contributed by atoms with Crippen LogP contribution in [0.15, 0.2) is 70.7 Å². The van der Waals surface area contributed by atoms with E-state index in [0.29, 0.717) is 29.6 Å². The van der Waals surface area contributed by atoms with Gasteiger partial charge < -0.3 is 14.5 Å². The van der Waals surface area contributed by atoms with Gasteiger partial charge in [0.05, 0.1) is 24.8 Å². The third kappa shape index (κ3) is 4.49. The fourth-order valence-corrected chi connectivity index (χ4v) is 4.30. The smallest absolute Gasteiger partial charge is 0.331 e. The molecule has 2 aromatic carbocycles. The summed E-state index contributed by atoms with van der Waals surface area (Å²) in [6, 6.07) is 15.3. The summed E-state index contributed by atoms with van der Waals surface area (Å²) in [5.74, 6) is -0.168. The normalized spacial score (nSPS) is 16.5. The van der Waals surface area contributed by atoms with Crippen LogP contribution in [-0.4, -0.2) is 47.7 Å². The largest absolute Gasteiger partial charge is 0.497 e. The summed E-state index contributed by atoms with van der Waals surface area (Å²) in [7, 11) is 2.87. The lowest BCUT2D eigenvalue weighted by Gasteiger charge is -2.15. The van der Waals surface area contributed by atoms with Gasteiger partial charge in [0.15, 0.2) is 5.17 Å². The second-order valence-corrected chi connectivity index (χ2v) is 7.81. The van der Waals surface area contributed by atoms with E-state index < -0.39 is 5.97 Å². The van der Waals surface area contributed by atoms with Gasteiger partial charge in [0.25, 0.3) is 5.91 Å². The Balaban J connectivity index is 1.63. The van der Waals surface area contributed by atoms with E-state index in [2.05, 4.69) is 20.8 Å². The van der Waals surface area contributed by atoms with Crippen molar-refractivity contribution in [1.29, 1.82) is 0 Å². The lowest BCUT2D eigenvalue weighted by molar-refractivity contribution is -0.135. The third-order valence-electron chi connectivity index (χ3n) is 4.90. The van der Waals surface area contributed by atoms with Gasteiger partial charge in [-0.1, -0.05) is 24.3 Å². The summed E-state index contributed by atoms with van der Waals surface area (Å²) in [4.78, 5) is 34.5. The zero-order valence-corrected chi connectivity index (χ0v) is 17.9. The van der Waals surface area contributed by atoms with E-state index >= 15 is 0 Å². The third-order valence-corrected chi connectivity index (χ3v) is 5.90. The lowest BCUT2D eigenvalue weighted by atomic mass is 10.1. The number of carbonyl (C=O) groups excluding carboxylic acids is 2. The van der Waals surface area contributed by atoms with E-state index in [1.54, 1.807) is 18.1 Å². The van der Waals surface area contributed by atoms with Crippen LogP contribution in [0.4, 0.5) is 5.69 Å². The first-order valence-corrected chi connectivity index (χ1v) is 10.5. The SMILES string of the molecule is COC(=O)/C=C1/SC(=Nc2cccc(OC)c2)N(CCc2c[nH]c3ccccc23)C1=O. The van der Waals surface area contributed by atoms with Crippen LogP contribution >= 0.6 is 11.8 Å². The number of nitrogens with zero attached hydrogens (tertiary/aromatic N) is 2. The first-order valence-electron chi connectivity index (χ1n) is 9.66. The fourth-order valence-electron chi connectivity index (χ4n) is 3.32. The minimum atomic E-state index is -0.574. The van der Waals surface area contributed by atoms with Crippen LogP contribution in [0.5, 0.6) is 5.75 Å². The maximum Gasteiger partial charge on any atom is 0.331 e. The summed E-state index contributed by atoms with van der Waals surface area (Å²) < 4.78 is 9.95. The van der Waals surface area contributed by atoms with Gasteiger partial charge in [-0.15, -0.1) is 0 Å². The molecule has 0 unspecified atom stereocenters. The average molecular weight is 436 g/mol. The maximum atomic E-state index is 13.0. The molecule has 1 aliphatic heterocycles. The minimum Gasteiger partial charge on any atom is -0.497 e. The van der Waals surface area contributed by atoms with Crippen molar-refractivity contribution >= 4 is 45.4 Å². The molecule has 1 N–H and O–H groups in total. The Bertz CT molecular complexity index is 1200. The number of hydrogen-bond acceptors (Lipinski definition) is 6. The quantitative estimate of drug-likeness (QED) is 0.467. The van der Waals surface area contributed by atoms with Crippen LogP contribution in [-0.2, 0) is 20.7 Å². The zero-order chi connectivity index (χ0) is 21.8. The number of methoxy groups -OCH3 is 2. The highest BCUT2D eigenvalue weighted by Gasteiger charge is 2.34. The number of aromatic nitrogens is 1. The molecule has 0 aliphatic carbocycles. The molecular formula is C23H21N3O4S. The van der Waals surface area contributed by atoms with Gasteiger partial charge >= 0.3 is 5.97 Å². The van der Waals surface area contributed by atoms with Crippen molar-refractivity contribution < 1.29 is 19.1 Å². The highest BCUT2D eigenvalue weighted by Crippen LogP contribution is 2.34. The number of nitrogens with one attached hydrogen (secondary N) is 1. The number of ether oxygens (including phenoxy) is 2. The number of esters is 1. The fraction of sp³-hybridized carbons (Fsp3) is 0.174. The molecule has 4 rings (SSSR count). The Morgan fingerprint density at radius 2 is 2.03 bits per heavy atom. The number of aliphatic imine (C=N–C) groups is 1. The molecule has 0 saturated carbocycles. The molecule has 7 nitrogen and oxygen atoms in total. The van der Waals surface area contributed by atoms with Gasteiger partial charge in [-0.2, -0.15) is 0 Å². The molecule has 0 radical (unpaired) electrons. The number of hydrogen-bond donors (Lipinski definition) is 1. The van der Waals surface area contributed by atoms with E-state index in [1.165, 1.54) is 13.2 Å². The Morgan fingerprint density at radius 1 is 1.19 bits per heavy atom. The predicted octanol–water partition coefficient (Wildman–Crippen LogP) is 4.04. The van der Waals surface area contributed by atoms with Gasteiger partial charge in [-0.3, -0.25) is 9.69 Å². The van der Waals surface area contributed by atoms with E-state index in [0.717, 1.165) is 28.2 Å². The molecule has 1 amide bonds. The van der Waals surface area contributed by atoms with Gasteiger partial charge in [0.2, 0.25) is 0 Å². The summed E-state index contributed by atoms with van der Waals surface area (Å²) in [5, 5.41) is 1.63. The maximum absolute atomic E-state index is 13.0. The molecule has 1 saturated heterocycles. The Morgan fingerprint density at radius 3 is 2.84 bits per heavy atom. The molecule has 31 heavy (non-hydrogen) atoms. The van der Waals surface area contributed by atoms with Crippen molar-refractivity contribution in [2.45, 2.75) is 6.42 Å². The van der Waals surface area contributed by atoms with E-state index in [1.807, 2.05) is 42.6 Å². The molecule has 8 heteroatoms. The van der Waals surface area contributed by atoms with Crippen LogP contribution in [0.2, 0.25) is 0 Å². The first-order chi connectivity index (χ1) is 15.1. The van der Waals surface area contributed by atoms with Crippen LogP contribution in [0, 0.1) is 0 Å². The molecule has 2 heterocycles. The van der Waals surface area contributed by atoms with Crippen LogP contribution in [0.3, 0.4) is 0 Å². The monoisotopic (exact) mass is 435 g/mol. The van der Waals surface area contributed by atoms with Crippen molar-refractivity contribution in [3.05, 3.63) is 71.3 Å². The molecule has 158 valence electrons. The minimum absolute atomic E-state index is 0.267. The highest BCUT2D eigenvalue weighted by atomic mass is 32.2. The standard InChI is InChI=1S/C23H21N3O4S/c1-29-17-7-5-6-16(12-17)25-23-26(22(28)20(31-23)13-21(27)30-2)11-10-15-14-24-19-9-4-3-8-18(15)19/h3-9,12-14,24H,10-11H2,1-2H3/b20-13+,25-23?. The Hall–Kier alpha value is -3.52. The molecule has 1 aromatic heterocycles. The number of fused-ring (bicyclic) bond motifs is 1. The first kappa shape index (κ1) is 20.7. The predicted molar refractivity (Wildman–Crippen MR) is 121 cm³/mol. The Labute approximate surface area is 183 Å². The molecular weight excluding hydrogens is 414 g/mol. The number of benzene rings is 2. The van der Waals surface area contributed by atoms with Crippen LogP contribution in [0.25, 0.3) is 10.9 Å². The van der Waals surface area contributed by atoms with Crippen molar-refractivity contribution in [3.63, 3.8) is 0 Å². The number of aromatic amines is 1. The molecule has 1 aliphatic rings. The van der Waals surface area contributed by atoms with Crippen molar-refractivity contribution in [2.75, 3.05) is 20.8 Å². The molecule has 0 bridgehead atoms. The van der Waals surface area contributed by atoms with Gasteiger partial charge in [0, 0.05) is 35.8 Å². The van der Waals surface area contributed by atoms with Crippen LogP contribution in [0.1, 0.15) is 5.56 Å². The zero-order valence-electron chi connectivity index (χ0n) is 17.1. The molecule has 3 aromatic rings. The second-order valence-electron chi connectivity index (χ2n) is 6.80. The molecule has 0 spiro atoms. The number of rotatable bonds is 6. The average Bonchev–Trinajstić information content (AvgIpc) is 3.33. The van der Waals surface area contributed by atoms with Crippen molar-refractivity contribution in [2.24, 2.45) is 4.99 Å². The number of H-pyrrole nitrogens is 1. The topological polar surface area (TPSA) is 84.0 Å². The Kier molecular flexibility index (Phi) is 6.08.